The van der Waals surface area contributed by atoms with E-state index < -0.39 is 0 Å². The highest BCUT2D eigenvalue weighted by Gasteiger charge is 2.17. The van der Waals surface area contributed by atoms with Crippen molar-refractivity contribution >= 4 is 33.8 Å². The second-order valence-corrected chi connectivity index (χ2v) is 6.64. The number of aromatic nitrogens is 2. The lowest BCUT2D eigenvalue weighted by Gasteiger charge is -2.21. The summed E-state index contributed by atoms with van der Waals surface area (Å²) in [6.45, 7) is 4.05. The van der Waals surface area contributed by atoms with Crippen molar-refractivity contribution in [2.24, 2.45) is 5.92 Å². The Morgan fingerprint density at radius 1 is 1.43 bits per heavy atom. The Labute approximate surface area is 131 Å². The van der Waals surface area contributed by atoms with Crippen LogP contribution in [0.15, 0.2) is 16.8 Å². The van der Waals surface area contributed by atoms with Crippen LogP contribution in [0.2, 0.25) is 0 Å². The molecule has 6 nitrogen and oxygen atoms in total. The molecule has 2 heterocycles. The molecule has 8 heteroatoms. The topological polar surface area (TPSA) is 87.1 Å². The Morgan fingerprint density at radius 2 is 2.24 bits per heavy atom. The molecule has 21 heavy (non-hydrogen) atoms. The van der Waals surface area contributed by atoms with Crippen LogP contribution in [-0.2, 0) is 0 Å². The predicted octanol–water partition coefficient (Wildman–Crippen LogP) is 2.80. The van der Waals surface area contributed by atoms with Gasteiger partial charge in [-0.15, -0.1) is 10.2 Å². The van der Waals surface area contributed by atoms with Gasteiger partial charge in [0.05, 0.1) is 0 Å². The van der Waals surface area contributed by atoms with Gasteiger partial charge in [0.2, 0.25) is 5.13 Å². The second kappa shape index (κ2) is 7.48. The van der Waals surface area contributed by atoms with E-state index in [2.05, 4.69) is 20.8 Å². The van der Waals surface area contributed by atoms with Crippen molar-refractivity contribution in [2.75, 3.05) is 11.9 Å². The van der Waals surface area contributed by atoms with E-state index in [1.807, 2.05) is 30.7 Å². The number of urea groups is 1. The number of amides is 2. The molecule has 2 amide bonds. The zero-order chi connectivity index (χ0) is 15.2. The Morgan fingerprint density at radius 3 is 2.86 bits per heavy atom. The zero-order valence-corrected chi connectivity index (χ0v) is 13.5. The summed E-state index contributed by atoms with van der Waals surface area (Å²) in [6.07, 6.45) is 0.529. The lowest BCUT2D eigenvalue weighted by atomic mass is 10.0. The van der Waals surface area contributed by atoms with Crippen LogP contribution in [-0.4, -0.2) is 34.0 Å². The molecule has 0 radical (unpaired) electrons. The zero-order valence-electron chi connectivity index (χ0n) is 11.9. The first kappa shape index (κ1) is 15.9. The molecule has 0 aromatic carbocycles. The van der Waals surface area contributed by atoms with E-state index in [1.54, 1.807) is 11.3 Å². The summed E-state index contributed by atoms with van der Waals surface area (Å²) in [5.41, 5.74) is 1.01. The summed E-state index contributed by atoms with van der Waals surface area (Å²) in [7, 11) is 0. The number of thiophene rings is 1. The monoisotopic (exact) mass is 326 g/mol. The lowest BCUT2D eigenvalue weighted by molar-refractivity contribution is 0.227. The quantitative estimate of drug-likeness (QED) is 0.762. The molecule has 0 spiro atoms. The standard InChI is InChI=1S/C13H18N4O2S2/c1-8(2)10(3-5-18)14-12(19)15-13-17-16-11(21-13)9-4-6-20-7-9/h4,6-8,10,18H,3,5H2,1-2H3,(H2,14,15,17,19). The van der Waals surface area contributed by atoms with Gasteiger partial charge in [0.15, 0.2) is 0 Å². The number of anilines is 1. The third-order valence-corrected chi connectivity index (χ3v) is 4.55. The Hall–Kier alpha value is -1.51. The number of carbonyl (C=O) groups excluding carboxylic acids is 1. The Balaban J connectivity index is 1.93. The van der Waals surface area contributed by atoms with Crippen molar-refractivity contribution in [3.05, 3.63) is 16.8 Å². The molecular weight excluding hydrogens is 308 g/mol. The number of hydrogen-bond donors (Lipinski definition) is 3. The van der Waals surface area contributed by atoms with Gasteiger partial charge in [0, 0.05) is 23.6 Å². The summed E-state index contributed by atoms with van der Waals surface area (Å²) >= 11 is 2.92. The minimum Gasteiger partial charge on any atom is -0.396 e. The second-order valence-electron chi connectivity index (χ2n) is 4.89. The number of aliphatic hydroxyl groups is 1. The summed E-state index contributed by atoms with van der Waals surface area (Å²) in [4.78, 5) is 11.9. The van der Waals surface area contributed by atoms with E-state index in [1.165, 1.54) is 11.3 Å². The molecule has 0 saturated carbocycles. The molecule has 0 bridgehead atoms. The van der Waals surface area contributed by atoms with Gasteiger partial charge >= 0.3 is 6.03 Å². The maximum atomic E-state index is 11.9. The van der Waals surface area contributed by atoms with Gasteiger partial charge in [0.25, 0.3) is 0 Å². The van der Waals surface area contributed by atoms with Crippen LogP contribution in [0, 0.1) is 5.92 Å². The fourth-order valence-electron chi connectivity index (χ4n) is 1.79. The minimum atomic E-state index is -0.324. The fraction of sp³-hybridized carbons (Fsp3) is 0.462. The van der Waals surface area contributed by atoms with Crippen molar-refractivity contribution in [1.82, 2.24) is 15.5 Å². The van der Waals surface area contributed by atoms with Crippen LogP contribution in [0.3, 0.4) is 0 Å². The van der Waals surface area contributed by atoms with Gasteiger partial charge in [-0.1, -0.05) is 25.2 Å². The molecule has 0 fully saturated rings. The summed E-state index contributed by atoms with van der Waals surface area (Å²) < 4.78 is 0. The number of carbonyl (C=O) groups is 1. The van der Waals surface area contributed by atoms with Crippen LogP contribution < -0.4 is 10.6 Å². The third kappa shape index (κ3) is 4.48. The van der Waals surface area contributed by atoms with Gasteiger partial charge in [-0.2, -0.15) is 11.3 Å². The first-order valence-corrected chi connectivity index (χ1v) is 8.40. The van der Waals surface area contributed by atoms with Gasteiger partial charge in [-0.05, 0) is 23.8 Å². The first-order valence-electron chi connectivity index (χ1n) is 6.64. The molecule has 3 N–H and O–H groups in total. The smallest absolute Gasteiger partial charge is 0.321 e. The first-order chi connectivity index (χ1) is 10.1. The number of aliphatic hydroxyl groups excluding tert-OH is 1. The summed E-state index contributed by atoms with van der Waals surface area (Å²) in [5, 5.41) is 27.7. The molecule has 0 saturated heterocycles. The SMILES string of the molecule is CC(C)C(CCO)NC(=O)Nc1nnc(-c2ccsc2)s1. The van der Waals surface area contributed by atoms with Crippen molar-refractivity contribution in [2.45, 2.75) is 26.3 Å². The predicted molar refractivity (Wildman–Crippen MR) is 85.7 cm³/mol. The summed E-state index contributed by atoms with van der Waals surface area (Å²) in [6, 6.07) is 1.57. The largest absolute Gasteiger partial charge is 0.396 e. The average molecular weight is 326 g/mol. The van der Waals surface area contributed by atoms with Gasteiger partial charge in [-0.25, -0.2) is 4.79 Å². The van der Waals surface area contributed by atoms with Crippen LogP contribution in [0.4, 0.5) is 9.93 Å². The van der Waals surface area contributed by atoms with Crippen molar-refractivity contribution in [1.29, 1.82) is 0 Å². The molecule has 1 unspecified atom stereocenters. The normalized spacial score (nSPS) is 12.4. The average Bonchev–Trinajstić information content (AvgIpc) is 3.08. The van der Waals surface area contributed by atoms with Crippen molar-refractivity contribution in [3.63, 3.8) is 0 Å². The molecule has 0 aliphatic carbocycles. The van der Waals surface area contributed by atoms with Crippen molar-refractivity contribution in [3.8, 4) is 10.6 Å². The minimum absolute atomic E-state index is 0.0459. The molecule has 114 valence electrons. The van der Waals surface area contributed by atoms with Gasteiger partial charge in [-0.3, -0.25) is 5.32 Å². The highest BCUT2D eigenvalue weighted by molar-refractivity contribution is 7.19. The number of rotatable bonds is 6. The lowest BCUT2D eigenvalue weighted by Crippen LogP contribution is -2.41. The maximum Gasteiger partial charge on any atom is 0.321 e. The van der Waals surface area contributed by atoms with E-state index in [0.29, 0.717) is 11.6 Å². The van der Waals surface area contributed by atoms with E-state index in [0.717, 1.165) is 10.6 Å². The molecule has 0 aliphatic rings. The van der Waals surface area contributed by atoms with Crippen LogP contribution >= 0.6 is 22.7 Å². The highest BCUT2D eigenvalue weighted by Crippen LogP contribution is 2.27. The van der Waals surface area contributed by atoms with Gasteiger partial charge < -0.3 is 10.4 Å². The summed E-state index contributed by atoms with van der Waals surface area (Å²) in [5.74, 6) is 0.249. The van der Waals surface area contributed by atoms with E-state index in [9.17, 15) is 4.79 Å². The molecular formula is C13H18N4O2S2. The van der Waals surface area contributed by atoms with Crippen molar-refractivity contribution < 1.29 is 9.90 Å². The fourth-order valence-corrected chi connectivity index (χ4v) is 3.24. The van der Waals surface area contributed by atoms with Gasteiger partial charge in [0.1, 0.15) is 5.01 Å². The third-order valence-electron chi connectivity index (χ3n) is 2.97. The van der Waals surface area contributed by atoms with Crippen LogP contribution in [0.25, 0.3) is 10.6 Å². The number of nitrogens with zero attached hydrogens (tertiary/aromatic N) is 2. The Kier molecular flexibility index (Phi) is 5.66. The van der Waals surface area contributed by atoms with E-state index in [4.69, 9.17) is 5.11 Å². The molecule has 0 aliphatic heterocycles. The maximum absolute atomic E-state index is 11.9. The molecule has 2 rings (SSSR count). The van der Waals surface area contributed by atoms with E-state index >= 15 is 0 Å². The molecule has 1 atom stereocenters. The number of nitrogens with one attached hydrogen (secondary N) is 2. The highest BCUT2D eigenvalue weighted by atomic mass is 32.1. The number of hydrogen-bond acceptors (Lipinski definition) is 6. The molecule has 2 aromatic rings. The van der Waals surface area contributed by atoms with Crippen LogP contribution in [0.5, 0.6) is 0 Å². The molecule has 2 aromatic heterocycles. The Bertz CT molecular complexity index is 568. The van der Waals surface area contributed by atoms with E-state index in [-0.39, 0.29) is 24.6 Å². The van der Waals surface area contributed by atoms with Crippen LogP contribution in [0.1, 0.15) is 20.3 Å².